The van der Waals surface area contributed by atoms with E-state index >= 15 is 0 Å². The van der Waals surface area contributed by atoms with E-state index in [0.29, 0.717) is 18.1 Å². The molecule has 4 unspecified atom stereocenters. The quantitative estimate of drug-likeness (QED) is 0.641. The predicted octanol–water partition coefficient (Wildman–Crippen LogP) is 2.55. The van der Waals surface area contributed by atoms with Gasteiger partial charge in [-0.15, -0.1) is 0 Å². The molecule has 4 heteroatoms. The average Bonchev–Trinajstić information content (AvgIpc) is 3.03. The fraction of sp³-hybridized carbons (Fsp3) is 0.625. The normalized spacial score (nSPS) is 29.9. The van der Waals surface area contributed by atoms with Crippen LogP contribution in [0.2, 0.25) is 0 Å². The highest BCUT2D eigenvalue weighted by molar-refractivity contribution is 5.30. The molecule has 0 radical (unpaired) electrons. The zero-order valence-corrected chi connectivity index (χ0v) is 12.2. The lowest BCUT2D eigenvalue weighted by atomic mass is 9.81. The van der Waals surface area contributed by atoms with Crippen LogP contribution in [0.3, 0.4) is 0 Å². The maximum Gasteiger partial charge on any atom is 0.119 e. The van der Waals surface area contributed by atoms with Crippen LogP contribution in [0.5, 0.6) is 5.75 Å². The van der Waals surface area contributed by atoms with Gasteiger partial charge in [0.15, 0.2) is 0 Å². The van der Waals surface area contributed by atoms with Gasteiger partial charge >= 0.3 is 0 Å². The number of hydrogen-bond acceptors (Lipinski definition) is 4. The fourth-order valence-electron chi connectivity index (χ4n) is 3.52. The maximum absolute atomic E-state index is 5.95. The van der Waals surface area contributed by atoms with Crippen molar-refractivity contribution in [1.82, 2.24) is 5.43 Å². The molecule has 2 saturated heterocycles. The third-order valence-corrected chi connectivity index (χ3v) is 4.37. The summed E-state index contributed by atoms with van der Waals surface area (Å²) in [6.07, 6.45) is 4.51. The van der Waals surface area contributed by atoms with Crippen molar-refractivity contribution in [1.29, 1.82) is 0 Å². The Bertz CT molecular complexity index is 446. The highest BCUT2D eigenvalue weighted by Crippen LogP contribution is 2.44. The van der Waals surface area contributed by atoms with Crippen molar-refractivity contribution in [3.63, 3.8) is 0 Å². The average molecular weight is 276 g/mol. The molecule has 0 aliphatic carbocycles. The Morgan fingerprint density at radius 3 is 2.50 bits per heavy atom. The Morgan fingerprint density at radius 1 is 1.25 bits per heavy atom. The number of fused-ring (bicyclic) bond motifs is 2. The van der Waals surface area contributed by atoms with E-state index in [1.54, 1.807) is 0 Å². The molecule has 4 nitrogen and oxygen atoms in total. The van der Waals surface area contributed by atoms with E-state index in [1.807, 2.05) is 26.0 Å². The van der Waals surface area contributed by atoms with Gasteiger partial charge in [0.05, 0.1) is 24.4 Å². The molecule has 3 rings (SSSR count). The number of rotatable bonds is 5. The number of benzene rings is 1. The van der Waals surface area contributed by atoms with Crippen molar-refractivity contribution >= 4 is 0 Å². The van der Waals surface area contributed by atoms with Crippen molar-refractivity contribution in [3.05, 3.63) is 29.8 Å². The fourth-order valence-corrected chi connectivity index (χ4v) is 3.52. The van der Waals surface area contributed by atoms with Gasteiger partial charge in [-0.1, -0.05) is 12.1 Å². The molecular weight excluding hydrogens is 252 g/mol. The van der Waals surface area contributed by atoms with Gasteiger partial charge in [0.2, 0.25) is 0 Å². The summed E-state index contributed by atoms with van der Waals surface area (Å²) in [7, 11) is 0. The summed E-state index contributed by atoms with van der Waals surface area (Å²) in [6, 6.07) is 8.42. The Hall–Kier alpha value is -1.10. The number of ether oxygens (including phenoxy) is 2. The van der Waals surface area contributed by atoms with Gasteiger partial charge in [0, 0.05) is 5.92 Å². The lowest BCUT2D eigenvalue weighted by Crippen LogP contribution is -2.37. The summed E-state index contributed by atoms with van der Waals surface area (Å²) < 4.78 is 11.6. The van der Waals surface area contributed by atoms with Crippen molar-refractivity contribution in [2.24, 2.45) is 11.8 Å². The summed E-state index contributed by atoms with van der Waals surface area (Å²) in [6.45, 7) is 4.06. The first-order valence-electron chi connectivity index (χ1n) is 7.55. The van der Waals surface area contributed by atoms with E-state index in [1.165, 1.54) is 18.4 Å². The van der Waals surface area contributed by atoms with E-state index in [4.69, 9.17) is 15.3 Å². The standard InChI is InChI=1S/C16H24N2O2/c1-10(2)19-12-5-3-11(4-6-12)16(18-17)14-9-13-7-8-15(14)20-13/h3-6,10,13-16,18H,7-9,17H2,1-2H3. The molecule has 20 heavy (non-hydrogen) atoms. The second-order valence-corrected chi connectivity index (χ2v) is 6.15. The summed E-state index contributed by atoms with van der Waals surface area (Å²) in [4.78, 5) is 0. The van der Waals surface area contributed by atoms with E-state index in [0.717, 1.165) is 12.2 Å². The van der Waals surface area contributed by atoms with Crippen molar-refractivity contribution in [3.8, 4) is 5.75 Å². The summed E-state index contributed by atoms with van der Waals surface area (Å²) in [5.41, 5.74) is 4.20. The minimum Gasteiger partial charge on any atom is -0.491 e. The van der Waals surface area contributed by atoms with Crippen LogP contribution >= 0.6 is 0 Å². The molecular formula is C16H24N2O2. The van der Waals surface area contributed by atoms with E-state index in [9.17, 15) is 0 Å². The van der Waals surface area contributed by atoms with Gasteiger partial charge < -0.3 is 9.47 Å². The number of nitrogens with two attached hydrogens (primary N) is 1. The maximum atomic E-state index is 5.95. The molecule has 1 aromatic rings. The largest absolute Gasteiger partial charge is 0.491 e. The van der Waals surface area contributed by atoms with Crippen LogP contribution in [-0.4, -0.2) is 18.3 Å². The van der Waals surface area contributed by atoms with Crippen molar-refractivity contribution < 1.29 is 9.47 Å². The third-order valence-electron chi connectivity index (χ3n) is 4.37. The molecule has 3 N–H and O–H groups in total. The Kier molecular flexibility index (Phi) is 3.96. The smallest absolute Gasteiger partial charge is 0.119 e. The molecule has 110 valence electrons. The van der Waals surface area contributed by atoms with Crippen LogP contribution in [0.4, 0.5) is 0 Å². The Morgan fingerprint density at radius 2 is 2.00 bits per heavy atom. The second kappa shape index (κ2) is 5.72. The first kappa shape index (κ1) is 13.9. The van der Waals surface area contributed by atoms with Crippen LogP contribution in [0.25, 0.3) is 0 Å². The van der Waals surface area contributed by atoms with Gasteiger partial charge in [-0.25, -0.2) is 0 Å². The van der Waals surface area contributed by atoms with Crippen LogP contribution in [0, 0.1) is 5.92 Å². The molecule has 4 atom stereocenters. The first-order chi connectivity index (χ1) is 9.67. The predicted molar refractivity (Wildman–Crippen MR) is 78.3 cm³/mol. The molecule has 2 aliphatic rings. The summed E-state index contributed by atoms with van der Waals surface area (Å²) in [5, 5.41) is 0. The molecule has 1 aromatic carbocycles. The van der Waals surface area contributed by atoms with E-state index in [-0.39, 0.29) is 12.1 Å². The van der Waals surface area contributed by atoms with Gasteiger partial charge in [0.25, 0.3) is 0 Å². The minimum atomic E-state index is 0.165. The molecule has 2 heterocycles. The van der Waals surface area contributed by atoms with E-state index < -0.39 is 0 Å². The first-order valence-corrected chi connectivity index (χ1v) is 7.55. The molecule has 0 amide bonds. The molecule has 0 aromatic heterocycles. The highest BCUT2D eigenvalue weighted by atomic mass is 16.5. The number of hydrazine groups is 1. The zero-order valence-electron chi connectivity index (χ0n) is 12.2. The lowest BCUT2D eigenvalue weighted by molar-refractivity contribution is 0.0857. The van der Waals surface area contributed by atoms with E-state index in [2.05, 4.69) is 17.6 Å². The van der Waals surface area contributed by atoms with Crippen LogP contribution in [-0.2, 0) is 4.74 Å². The lowest BCUT2D eigenvalue weighted by Gasteiger charge is -2.28. The molecule has 0 saturated carbocycles. The molecule has 2 bridgehead atoms. The summed E-state index contributed by atoms with van der Waals surface area (Å²) >= 11 is 0. The zero-order chi connectivity index (χ0) is 14.1. The molecule has 2 aliphatic heterocycles. The summed E-state index contributed by atoms with van der Waals surface area (Å²) in [5.74, 6) is 7.19. The van der Waals surface area contributed by atoms with Crippen molar-refractivity contribution in [2.75, 3.05) is 0 Å². The Labute approximate surface area is 120 Å². The minimum absolute atomic E-state index is 0.165. The SMILES string of the molecule is CC(C)Oc1ccc(C(NN)C2CC3CCC2O3)cc1. The van der Waals surface area contributed by atoms with Crippen LogP contribution in [0.15, 0.2) is 24.3 Å². The second-order valence-electron chi connectivity index (χ2n) is 6.15. The van der Waals surface area contributed by atoms with Gasteiger partial charge in [0.1, 0.15) is 5.75 Å². The highest BCUT2D eigenvalue weighted by Gasteiger charge is 2.44. The number of nitrogens with one attached hydrogen (secondary N) is 1. The van der Waals surface area contributed by atoms with Gasteiger partial charge in [-0.2, -0.15) is 0 Å². The van der Waals surface area contributed by atoms with Crippen molar-refractivity contribution in [2.45, 2.75) is 57.5 Å². The number of hydrogen-bond donors (Lipinski definition) is 2. The van der Waals surface area contributed by atoms with Gasteiger partial charge in [-0.3, -0.25) is 11.3 Å². The third kappa shape index (κ3) is 2.68. The molecule has 2 fully saturated rings. The van der Waals surface area contributed by atoms with Crippen LogP contribution < -0.4 is 16.0 Å². The monoisotopic (exact) mass is 276 g/mol. The topological polar surface area (TPSA) is 56.5 Å². The Balaban J connectivity index is 1.72. The molecule has 0 spiro atoms. The van der Waals surface area contributed by atoms with Gasteiger partial charge in [-0.05, 0) is 50.8 Å². The van der Waals surface area contributed by atoms with Crippen LogP contribution in [0.1, 0.15) is 44.7 Å².